The summed E-state index contributed by atoms with van der Waals surface area (Å²) in [5.41, 5.74) is 0. The van der Waals surface area contributed by atoms with E-state index in [0.717, 1.165) is 0 Å². The number of nitrogens with one attached hydrogen (secondary N) is 1. The third kappa shape index (κ3) is 8.83. The Labute approximate surface area is 128 Å². The molecule has 0 saturated heterocycles. The third-order valence-corrected chi connectivity index (χ3v) is 2.41. The molecule has 1 rings (SSSR count). The highest BCUT2D eigenvalue weighted by molar-refractivity contribution is 5.85. The van der Waals surface area contributed by atoms with E-state index in [1.807, 2.05) is 0 Å². The van der Waals surface area contributed by atoms with Gasteiger partial charge in [-0.15, -0.1) is 12.4 Å². The number of carboxylic acids is 1. The molecule has 1 aromatic rings. The number of aliphatic carboxylic acids is 1. The zero-order valence-electron chi connectivity index (χ0n) is 11.5. The lowest BCUT2D eigenvalue weighted by atomic mass is 10.3. The summed E-state index contributed by atoms with van der Waals surface area (Å²) in [6, 6.07) is 5.65. The van der Waals surface area contributed by atoms with Gasteiger partial charge in [-0.3, -0.25) is 14.5 Å². The SMILES string of the molecule is CN(CCOc1ccc(F)cc1)CC(=O)NCC(=O)O.Cl. The minimum atomic E-state index is -1.08. The molecule has 0 atom stereocenters. The van der Waals surface area contributed by atoms with Crippen LogP contribution in [0.2, 0.25) is 0 Å². The fourth-order valence-electron chi connectivity index (χ4n) is 1.40. The zero-order chi connectivity index (χ0) is 15.0. The van der Waals surface area contributed by atoms with Gasteiger partial charge in [0.2, 0.25) is 5.91 Å². The average Bonchev–Trinajstić information content (AvgIpc) is 2.38. The van der Waals surface area contributed by atoms with E-state index >= 15 is 0 Å². The molecule has 0 aromatic heterocycles. The summed E-state index contributed by atoms with van der Waals surface area (Å²) in [4.78, 5) is 23.3. The van der Waals surface area contributed by atoms with Crippen LogP contribution in [0.25, 0.3) is 0 Å². The lowest BCUT2D eigenvalue weighted by molar-refractivity contribution is -0.138. The lowest BCUT2D eigenvalue weighted by Crippen LogP contribution is -2.38. The van der Waals surface area contributed by atoms with Gasteiger partial charge in [0, 0.05) is 6.54 Å². The number of amides is 1. The van der Waals surface area contributed by atoms with Gasteiger partial charge in [-0.25, -0.2) is 4.39 Å². The topological polar surface area (TPSA) is 78.9 Å². The van der Waals surface area contributed by atoms with E-state index < -0.39 is 12.5 Å². The highest BCUT2D eigenvalue weighted by Gasteiger charge is 2.07. The Hall–Kier alpha value is -1.86. The fraction of sp³-hybridized carbons (Fsp3) is 0.385. The van der Waals surface area contributed by atoms with Crippen LogP contribution in [-0.4, -0.2) is 55.2 Å². The maximum atomic E-state index is 12.7. The van der Waals surface area contributed by atoms with Crippen molar-refractivity contribution >= 4 is 24.3 Å². The van der Waals surface area contributed by atoms with E-state index in [0.29, 0.717) is 18.9 Å². The van der Waals surface area contributed by atoms with E-state index in [1.165, 1.54) is 24.3 Å². The van der Waals surface area contributed by atoms with Crippen LogP contribution >= 0.6 is 12.4 Å². The number of ether oxygens (including phenoxy) is 1. The highest BCUT2D eigenvalue weighted by Crippen LogP contribution is 2.10. The van der Waals surface area contributed by atoms with Gasteiger partial charge in [0.15, 0.2) is 0 Å². The second-order valence-electron chi connectivity index (χ2n) is 4.21. The first-order chi connectivity index (χ1) is 9.47. The second kappa shape index (κ2) is 9.95. The number of hydrogen-bond acceptors (Lipinski definition) is 4. The van der Waals surface area contributed by atoms with Gasteiger partial charge in [0.25, 0.3) is 0 Å². The summed E-state index contributed by atoms with van der Waals surface area (Å²) in [7, 11) is 1.72. The van der Waals surface area contributed by atoms with Crippen LogP contribution in [0.3, 0.4) is 0 Å². The number of carbonyl (C=O) groups excluding carboxylic acids is 1. The van der Waals surface area contributed by atoms with Crippen molar-refractivity contribution in [3.8, 4) is 5.75 Å². The van der Waals surface area contributed by atoms with Crippen molar-refractivity contribution in [2.24, 2.45) is 0 Å². The molecule has 0 unspecified atom stereocenters. The average molecular weight is 321 g/mol. The Morgan fingerprint density at radius 3 is 2.52 bits per heavy atom. The van der Waals surface area contributed by atoms with Gasteiger partial charge < -0.3 is 15.2 Å². The van der Waals surface area contributed by atoms with Crippen molar-refractivity contribution in [3.05, 3.63) is 30.1 Å². The normalized spacial score (nSPS) is 9.86. The van der Waals surface area contributed by atoms with Crippen molar-refractivity contribution in [1.82, 2.24) is 10.2 Å². The number of benzene rings is 1. The molecule has 0 aliphatic carbocycles. The van der Waals surface area contributed by atoms with Crippen LogP contribution in [0.15, 0.2) is 24.3 Å². The number of rotatable bonds is 8. The number of nitrogens with zero attached hydrogens (tertiary/aromatic N) is 1. The Morgan fingerprint density at radius 1 is 1.33 bits per heavy atom. The van der Waals surface area contributed by atoms with Gasteiger partial charge in [0.05, 0.1) is 6.54 Å². The summed E-state index contributed by atoms with van der Waals surface area (Å²) in [5.74, 6) is -1.22. The molecular formula is C13H18ClFN2O4. The van der Waals surface area contributed by atoms with Gasteiger partial charge in [-0.1, -0.05) is 0 Å². The standard InChI is InChI=1S/C13H17FN2O4.ClH/c1-16(9-12(17)15-8-13(18)19)6-7-20-11-4-2-10(14)3-5-11;/h2-5H,6-9H2,1H3,(H,15,17)(H,18,19);1H. The van der Waals surface area contributed by atoms with Gasteiger partial charge in [0.1, 0.15) is 24.7 Å². The summed E-state index contributed by atoms with van der Waals surface area (Å²) < 4.78 is 18.0. The number of carbonyl (C=O) groups is 2. The highest BCUT2D eigenvalue weighted by atomic mass is 35.5. The van der Waals surface area contributed by atoms with E-state index in [1.54, 1.807) is 11.9 Å². The summed E-state index contributed by atoms with van der Waals surface area (Å²) in [5, 5.41) is 10.7. The molecule has 0 radical (unpaired) electrons. The second-order valence-corrected chi connectivity index (χ2v) is 4.21. The first kappa shape index (κ1) is 19.1. The molecule has 21 heavy (non-hydrogen) atoms. The first-order valence-corrected chi connectivity index (χ1v) is 6.03. The van der Waals surface area contributed by atoms with Crippen molar-refractivity contribution in [1.29, 1.82) is 0 Å². The molecule has 0 bridgehead atoms. The summed E-state index contributed by atoms with van der Waals surface area (Å²) >= 11 is 0. The van der Waals surface area contributed by atoms with Gasteiger partial charge >= 0.3 is 5.97 Å². The number of carboxylic acid groups (broad SMARTS) is 1. The predicted octanol–water partition coefficient (Wildman–Crippen LogP) is 0.759. The largest absolute Gasteiger partial charge is 0.492 e. The van der Waals surface area contributed by atoms with Crippen molar-refractivity contribution in [2.75, 3.05) is 33.3 Å². The maximum absolute atomic E-state index is 12.7. The minimum Gasteiger partial charge on any atom is -0.492 e. The van der Waals surface area contributed by atoms with Crippen LogP contribution in [-0.2, 0) is 9.59 Å². The van der Waals surface area contributed by atoms with Crippen molar-refractivity contribution < 1.29 is 23.8 Å². The van der Waals surface area contributed by atoms with Crippen LogP contribution in [0, 0.1) is 5.82 Å². The summed E-state index contributed by atoms with van der Waals surface area (Å²) in [6.07, 6.45) is 0. The first-order valence-electron chi connectivity index (χ1n) is 6.03. The smallest absolute Gasteiger partial charge is 0.322 e. The van der Waals surface area contributed by atoms with Crippen LogP contribution in [0.4, 0.5) is 4.39 Å². The molecular weight excluding hydrogens is 303 g/mol. The number of hydrogen-bond donors (Lipinski definition) is 2. The molecule has 0 aliphatic rings. The molecule has 0 saturated carbocycles. The van der Waals surface area contributed by atoms with Gasteiger partial charge in [-0.2, -0.15) is 0 Å². The lowest BCUT2D eigenvalue weighted by Gasteiger charge is -2.16. The monoisotopic (exact) mass is 320 g/mol. The predicted molar refractivity (Wildman–Crippen MR) is 77.3 cm³/mol. The Bertz CT molecular complexity index is 456. The van der Waals surface area contributed by atoms with E-state index in [9.17, 15) is 14.0 Å². The van der Waals surface area contributed by atoms with Crippen LogP contribution < -0.4 is 10.1 Å². The Balaban J connectivity index is 0.00000400. The Morgan fingerprint density at radius 2 is 1.95 bits per heavy atom. The molecule has 1 aromatic carbocycles. The number of likely N-dealkylation sites (N-methyl/N-ethyl adjacent to an activating group) is 1. The third-order valence-electron chi connectivity index (χ3n) is 2.41. The Kier molecular flexibility index (Phi) is 9.07. The number of halogens is 2. The molecule has 0 heterocycles. The quantitative estimate of drug-likeness (QED) is 0.739. The van der Waals surface area contributed by atoms with Crippen molar-refractivity contribution in [2.45, 2.75) is 0 Å². The van der Waals surface area contributed by atoms with Crippen LogP contribution in [0.5, 0.6) is 5.75 Å². The zero-order valence-corrected chi connectivity index (χ0v) is 12.4. The molecule has 2 N–H and O–H groups in total. The molecule has 0 spiro atoms. The molecule has 0 fully saturated rings. The fourth-order valence-corrected chi connectivity index (χ4v) is 1.40. The van der Waals surface area contributed by atoms with E-state index in [-0.39, 0.29) is 30.7 Å². The van der Waals surface area contributed by atoms with E-state index in [2.05, 4.69) is 5.32 Å². The molecule has 118 valence electrons. The molecule has 8 heteroatoms. The molecule has 0 aliphatic heterocycles. The minimum absolute atomic E-state index is 0. The maximum Gasteiger partial charge on any atom is 0.322 e. The molecule has 1 amide bonds. The van der Waals surface area contributed by atoms with Gasteiger partial charge in [-0.05, 0) is 31.3 Å². The van der Waals surface area contributed by atoms with Crippen LogP contribution in [0.1, 0.15) is 0 Å². The summed E-state index contributed by atoms with van der Waals surface area (Å²) in [6.45, 7) is 0.519. The molecule has 6 nitrogen and oxygen atoms in total. The van der Waals surface area contributed by atoms with Crippen molar-refractivity contribution in [3.63, 3.8) is 0 Å². The van der Waals surface area contributed by atoms with E-state index in [4.69, 9.17) is 9.84 Å².